The Hall–Kier alpha value is -4.76. The van der Waals surface area contributed by atoms with Gasteiger partial charge in [-0.05, 0) is 86.1 Å². The highest BCUT2D eigenvalue weighted by atomic mass is 16.5. The fourth-order valence-corrected chi connectivity index (χ4v) is 7.25. The van der Waals surface area contributed by atoms with Crippen molar-refractivity contribution in [2.24, 2.45) is 0 Å². The molecule has 1 N–H and O–H groups in total. The number of aromatic nitrogens is 2. The Morgan fingerprint density at radius 1 is 1.02 bits per heavy atom. The molecule has 6 rings (SSSR count). The summed E-state index contributed by atoms with van der Waals surface area (Å²) in [6.45, 7) is 3.51. The molecule has 12 nitrogen and oxygen atoms in total. The van der Waals surface area contributed by atoms with Crippen molar-refractivity contribution in [3.05, 3.63) is 86.2 Å². The van der Waals surface area contributed by atoms with E-state index in [2.05, 4.69) is 16.4 Å². The van der Waals surface area contributed by atoms with Gasteiger partial charge >= 0.3 is 5.76 Å². The molecule has 1 spiro atoms. The van der Waals surface area contributed by atoms with Crippen LogP contribution in [0.25, 0.3) is 0 Å². The predicted molar refractivity (Wildman–Crippen MR) is 168 cm³/mol. The Labute approximate surface area is 267 Å². The minimum Gasteiger partial charge on any atom is -0.345 e. The SMILES string of the molecule is CC(C#N)N(C(=O)CN[C@]1(C)CC2(c3ccc(C(=O)N(C)C)cc3CCc3cc(C(=O)N(C)C)ccc32)c2nc(=O)on21)C1CC1. The molecule has 0 radical (unpaired) electrons. The Balaban J connectivity index is 1.50. The van der Waals surface area contributed by atoms with Gasteiger partial charge in [-0.25, -0.2) is 4.79 Å². The zero-order chi connectivity index (χ0) is 33.1. The van der Waals surface area contributed by atoms with E-state index in [0.717, 1.165) is 35.1 Å². The molecule has 1 aromatic heterocycles. The second kappa shape index (κ2) is 11.2. The second-order valence-corrected chi connectivity index (χ2v) is 13.3. The lowest BCUT2D eigenvalue weighted by Gasteiger charge is -2.34. The van der Waals surface area contributed by atoms with Crippen LogP contribution in [0.2, 0.25) is 0 Å². The molecule has 2 aromatic carbocycles. The van der Waals surface area contributed by atoms with Crippen LogP contribution < -0.4 is 11.1 Å². The number of hydrogen-bond donors (Lipinski definition) is 1. The maximum Gasteiger partial charge on any atom is 0.460 e. The summed E-state index contributed by atoms with van der Waals surface area (Å²) in [6.07, 6.45) is 3.24. The number of aryl methyl sites for hydroxylation is 2. The predicted octanol–water partition coefficient (Wildman–Crippen LogP) is 2.24. The minimum absolute atomic E-state index is 0.0483. The van der Waals surface area contributed by atoms with Crippen LogP contribution in [0.4, 0.5) is 0 Å². The maximum atomic E-state index is 13.5. The molecule has 1 unspecified atom stereocenters. The highest BCUT2D eigenvalue weighted by Crippen LogP contribution is 2.54. The number of amides is 3. The van der Waals surface area contributed by atoms with Gasteiger partial charge in [0, 0.05) is 51.8 Å². The van der Waals surface area contributed by atoms with Crippen LogP contribution in [0.5, 0.6) is 0 Å². The summed E-state index contributed by atoms with van der Waals surface area (Å²) >= 11 is 0. The summed E-state index contributed by atoms with van der Waals surface area (Å²) in [5, 5.41) is 12.9. The quantitative estimate of drug-likeness (QED) is 0.421. The van der Waals surface area contributed by atoms with Crippen LogP contribution in [0.3, 0.4) is 0 Å². The average Bonchev–Trinajstić information content (AvgIpc) is 3.75. The van der Waals surface area contributed by atoms with E-state index in [0.29, 0.717) is 36.2 Å². The number of hydrogen-bond acceptors (Lipinski definition) is 8. The summed E-state index contributed by atoms with van der Waals surface area (Å²) in [5.74, 6) is -0.842. The van der Waals surface area contributed by atoms with E-state index in [1.807, 2.05) is 31.2 Å². The number of carbonyl (C=O) groups excluding carboxylic acids is 3. The van der Waals surface area contributed by atoms with Crippen LogP contribution in [-0.4, -0.2) is 89.0 Å². The smallest absolute Gasteiger partial charge is 0.345 e. The Morgan fingerprint density at radius 3 is 2.04 bits per heavy atom. The van der Waals surface area contributed by atoms with E-state index in [1.165, 1.54) is 14.5 Å². The third kappa shape index (κ3) is 4.99. The zero-order valence-electron chi connectivity index (χ0n) is 27.1. The van der Waals surface area contributed by atoms with E-state index in [9.17, 15) is 24.4 Å². The third-order valence-electron chi connectivity index (χ3n) is 9.55. The van der Waals surface area contributed by atoms with E-state index >= 15 is 0 Å². The maximum absolute atomic E-state index is 13.5. The standard InChI is InChI=1S/C34H39N7O5/c1-20(17-35)40(25-11-12-25)28(42)18-36-33(2)19-34(31-37-32(45)46-41(31)33)26-13-9-23(29(43)38(3)4)15-21(26)7-8-22-16-24(10-14-27(22)34)30(44)39(5)6/h9-10,13-16,20,25,36H,7-8,11-12,18-19H2,1-6H3/t20?,33-/m0/s1. The van der Waals surface area contributed by atoms with E-state index in [4.69, 9.17) is 4.52 Å². The Bertz CT molecular complexity index is 1770. The highest BCUT2D eigenvalue weighted by Gasteiger charge is 2.57. The highest BCUT2D eigenvalue weighted by molar-refractivity contribution is 5.95. The number of carbonyl (C=O) groups is 3. The van der Waals surface area contributed by atoms with Gasteiger partial charge in [0.1, 0.15) is 11.7 Å². The molecule has 3 aromatic rings. The summed E-state index contributed by atoms with van der Waals surface area (Å²) in [4.78, 5) is 61.5. The largest absolute Gasteiger partial charge is 0.460 e. The first-order valence-electron chi connectivity index (χ1n) is 15.6. The van der Waals surface area contributed by atoms with Gasteiger partial charge in [-0.15, -0.1) is 0 Å². The topological polar surface area (TPSA) is 145 Å². The Kier molecular flexibility index (Phi) is 7.63. The van der Waals surface area contributed by atoms with E-state index in [-0.39, 0.29) is 30.3 Å². The average molecular weight is 626 g/mol. The molecule has 0 saturated heterocycles. The van der Waals surface area contributed by atoms with Crippen molar-refractivity contribution < 1.29 is 18.9 Å². The number of nitriles is 1. The zero-order valence-corrected chi connectivity index (χ0v) is 27.1. The monoisotopic (exact) mass is 625 g/mol. The lowest BCUT2D eigenvalue weighted by molar-refractivity contribution is -0.132. The van der Waals surface area contributed by atoms with Gasteiger partial charge in [-0.2, -0.15) is 15.0 Å². The molecule has 2 atom stereocenters. The summed E-state index contributed by atoms with van der Waals surface area (Å²) in [7, 11) is 6.83. The third-order valence-corrected chi connectivity index (χ3v) is 9.55. The van der Waals surface area contributed by atoms with Crippen molar-refractivity contribution >= 4 is 17.7 Å². The van der Waals surface area contributed by atoms with Crippen molar-refractivity contribution in [1.29, 1.82) is 5.26 Å². The normalized spacial score (nSPS) is 19.7. The molecule has 3 aliphatic rings. The van der Waals surface area contributed by atoms with Crippen molar-refractivity contribution in [2.75, 3.05) is 34.7 Å². The van der Waals surface area contributed by atoms with Gasteiger partial charge in [-0.1, -0.05) is 12.1 Å². The van der Waals surface area contributed by atoms with Crippen molar-refractivity contribution in [3.63, 3.8) is 0 Å². The second-order valence-electron chi connectivity index (χ2n) is 13.3. The molecule has 1 saturated carbocycles. The van der Waals surface area contributed by atoms with Gasteiger partial charge in [-0.3, -0.25) is 19.7 Å². The van der Waals surface area contributed by atoms with E-state index < -0.39 is 22.9 Å². The molecule has 12 heteroatoms. The van der Waals surface area contributed by atoms with Crippen LogP contribution in [-0.2, 0) is 28.7 Å². The number of fused-ring (bicyclic) bond motifs is 6. The molecule has 1 fully saturated rings. The number of rotatable bonds is 7. The first-order valence-corrected chi connectivity index (χ1v) is 15.6. The summed E-state index contributed by atoms with van der Waals surface area (Å²) in [5.41, 5.74) is 2.62. The summed E-state index contributed by atoms with van der Waals surface area (Å²) in [6, 6.07) is 12.9. The van der Waals surface area contributed by atoms with Gasteiger partial charge in [0.15, 0.2) is 5.82 Å². The molecule has 46 heavy (non-hydrogen) atoms. The molecular weight excluding hydrogens is 586 g/mol. The fourth-order valence-electron chi connectivity index (χ4n) is 7.25. The van der Waals surface area contributed by atoms with Crippen molar-refractivity contribution in [1.82, 2.24) is 29.7 Å². The Morgan fingerprint density at radius 2 is 1.57 bits per heavy atom. The van der Waals surface area contributed by atoms with Crippen molar-refractivity contribution in [3.8, 4) is 6.07 Å². The first-order chi connectivity index (χ1) is 21.8. The van der Waals surface area contributed by atoms with Crippen LogP contribution in [0, 0.1) is 11.3 Å². The number of nitrogens with zero attached hydrogens (tertiary/aromatic N) is 6. The molecule has 0 bridgehead atoms. The molecule has 2 aliphatic carbocycles. The summed E-state index contributed by atoms with van der Waals surface area (Å²) < 4.78 is 7.22. The molecule has 2 heterocycles. The van der Waals surface area contributed by atoms with Crippen molar-refractivity contribution in [2.45, 2.75) is 69.1 Å². The van der Waals surface area contributed by atoms with Crippen LogP contribution in [0.1, 0.15) is 81.9 Å². The number of nitrogens with one attached hydrogen (secondary N) is 1. The first kappa shape index (κ1) is 31.2. The van der Waals surface area contributed by atoms with Gasteiger partial charge < -0.3 is 19.2 Å². The molecular formula is C34H39N7O5. The lowest BCUT2D eigenvalue weighted by Crippen LogP contribution is -2.51. The molecule has 3 amide bonds. The van der Waals surface area contributed by atoms with Crippen LogP contribution in [0.15, 0.2) is 45.7 Å². The van der Waals surface area contributed by atoms with Gasteiger partial charge in [0.05, 0.1) is 18.0 Å². The van der Waals surface area contributed by atoms with E-state index in [1.54, 1.807) is 52.1 Å². The molecule has 1 aliphatic heterocycles. The van der Waals surface area contributed by atoms with Crippen LogP contribution >= 0.6 is 0 Å². The van der Waals surface area contributed by atoms with Gasteiger partial charge in [0.25, 0.3) is 11.8 Å². The molecule has 240 valence electrons. The number of benzene rings is 2. The fraction of sp³-hybridized carbons (Fsp3) is 0.471. The lowest BCUT2D eigenvalue weighted by atomic mass is 9.69. The van der Waals surface area contributed by atoms with Gasteiger partial charge in [0.2, 0.25) is 5.91 Å². The minimum atomic E-state index is -1.07.